The zero-order valence-electron chi connectivity index (χ0n) is 29.2. The number of methoxy groups -OCH3 is 1. The monoisotopic (exact) mass is 698 g/mol. The van der Waals surface area contributed by atoms with Crippen LogP contribution in [0.3, 0.4) is 0 Å². The van der Waals surface area contributed by atoms with Gasteiger partial charge in [-0.1, -0.05) is 73.7 Å². The maximum absolute atomic E-state index is 14.2. The molecular weight excluding hydrogens is 656 g/mol. The van der Waals surface area contributed by atoms with E-state index in [1.54, 1.807) is 59.2 Å². The van der Waals surface area contributed by atoms with Crippen molar-refractivity contribution in [1.82, 2.24) is 9.88 Å². The van der Waals surface area contributed by atoms with Crippen molar-refractivity contribution < 1.29 is 29.3 Å². The average Bonchev–Trinajstić information content (AvgIpc) is 3.66. The molecule has 7 rings (SSSR count). The number of hydrogen-bond donors (Lipinski definition) is 4. The van der Waals surface area contributed by atoms with Crippen molar-refractivity contribution in [1.29, 1.82) is 0 Å². The second-order valence-corrected chi connectivity index (χ2v) is 13.6. The highest BCUT2D eigenvalue weighted by molar-refractivity contribution is 6.07. The van der Waals surface area contributed by atoms with Gasteiger partial charge < -0.3 is 35.1 Å². The molecule has 0 radical (unpaired) electrons. The molecule has 0 bridgehead atoms. The molecule has 0 fully saturated rings. The number of amides is 3. The Kier molecular flexibility index (Phi) is 9.68. The van der Waals surface area contributed by atoms with Gasteiger partial charge in [0.1, 0.15) is 5.75 Å². The van der Waals surface area contributed by atoms with E-state index in [-0.39, 0.29) is 43.8 Å². The standard InChI is InChI=1S/C42H42N4O6/c1-27(8-7-13-40(49)45-25-30-10-4-3-9-29(30)20-33(45)26-47)42(51)36-22-34(52-2)18-19-38(36)46(41(42)50)24-28-14-16-32(17-15-28)44-39(48)21-31-23-43-37-12-6-5-11-35(31)37/h3-12,14-19,22-23,27,33,43,47,51H,13,20-21,24-26H2,1-2H3,(H,44,48)/b8-7+/t27-,33-,42+/m0/s1. The van der Waals surface area contributed by atoms with E-state index in [2.05, 4.69) is 10.3 Å². The molecule has 3 amide bonds. The number of anilines is 2. The topological polar surface area (TPSA) is 135 Å². The number of fused-ring (bicyclic) bond motifs is 3. The number of H-pyrrole nitrogens is 1. The normalized spacial score (nSPS) is 18.8. The number of carbonyl (C=O) groups is 3. The Balaban J connectivity index is 1.03. The highest BCUT2D eigenvalue weighted by Crippen LogP contribution is 2.47. The van der Waals surface area contributed by atoms with Gasteiger partial charge in [0.05, 0.1) is 38.4 Å². The van der Waals surface area contributed by atoms with Gasteiger partial charge in [0.25, 0.3) is 5.91 Å². The maximum Gasteiger partial charge on any atom is 0.264 e. The minimum absolute atomic E-state index is 0.0621. The number of hydrogen-bond acceptors (Lipinski definition) is 6. The summed E-state index contributed by atoms with van der Waals surface area (Å²) in [5, 5.41) is 26.2. The molecule has 4 N–H and O–H groups in total. The minimum Gasteiger partial charge on any atom is -0.497 e. The number of benzene rings is 4. The number of rotatable bonds is 11. The summed E-state index contributed by atoms with van der Waals surface area (Å²) in [6.07, 6.45) is 6.14. The fraction of sp³-hybridized carbons (Fsp3) is 0.262. The average molecular weight is 699 g/mol. The Morgan fingerprint density at radius 2 is 1.79 bits per heavy atom. The molecule has 10 heteroatoms. The lowest BCUT2D eigenvalue weighted by Crippen LogP contribution is -2.46. The first kappa shape index (κ1) is 34.7. The molecule has 4 aromatic carbocycles. The minimum atomic E-state index is -1.91. The van der Waals surface area contributed by atoms with Gasteiger partial charge in [0.15, 0.2) is 5.60 Å². The van der Waals surface area contributed by atoms with Crippen molar-refractivity contribution in [2.24, 2.45) is 5.92 Å². The van der Waals surface area contributed by atoms with Crippen molar-refractivity contribution in [3.63, 3.8) is 0 Å². The zero-order chi connectivity index (χ0) is 36.4. The fourth-order valence-corrected chi connectivity index (χ4v) is 7.41. The van der Waals surface area contributed by atoms with E-state index in [1.807, 2.05) is 66.9 Å². The van der Waals surface area contributed by atoms with E-state index in [9.17, 15) is 24.6 Å². The summed E-state index contributed by atoms with van der Waals surface area (Å²) in [4.78, 5) is 46.8. The number of aromatic nitrogens is 1. The summed E-state index contributed by atoms with van der Waals surface area (Å²) in [5.74, 6) is -0.940. The van der Waals surface area contributed by atoms with Gasteiger partial charge in [-0.15, -0.1) is 0 Å². The molecule has 0 aliphatic carbocycles. The molecule has 2 aliphatic rings. The lowest BCUT2D eigenvalue weighted by atomic mass is 9.82. The van der Waals surface area contributed by atoms with Crippen molar-refractivity contribution in [2.75, 3.05) is 23.9 Å². The molecule has 3 atom stereocenters. The predicted molar refractivity (Wildman–Crippen MR) is 200 cm³/mol. The van der Waals surface area contributed by atoms with Gasteiger partial charge in [-0.2, -0.15) is 0 Å². The van der Waals surface area contributed by atoms with Crippen molar-refractivity contribution in [3.8, 4) is 5.75 Å². The number of aliphatic hydroxyl groups excluding tert-OH is 1. The van der Waals surface area contributed by atoms with Crippen LogP contribution in [0.2, 0.25) is 0 Å². The Morgan fingerprint density at radius 3 is 2.56 bits per heavy atom. The van der Waals surface area contributed by atoms with E-state index in [1.165, 1.54) is 7.11 Å². The van der Waals surface area contributed by atoms with Crippen molar-refractivity contribution in [3.05, 3.63) is 137 Å². The fourth-order valence-electron chi connectivity index (χ4n) is 7.41. The van der Waals surface area contributed by atoms with Crippen LogP contribution in [0.25, 0.3) is 10.9 Å². The largest absolute Gasteiger partial charge is 0.497 e. The summed E-state index contributed by atoms with van der Waals surface area (Å²) < 4.78 is 5.46. The number of nitrogens with zero attached hydrogens (tertiary/aromatic N) is 2. The van der Waals surface area contributed by atoms with Crippen LogP contribution in [-0.4, -0.2) is 57.6 Å². The second-order valence-electron chi connectivity index (χ2n) is 13.6. The summed E-state index contributed by atoms with van der Waals surface area (Å²) in [6.45, 7) is 2.24. The first-order chi connectivity index (χ1) is 25.2. The Morgan fingerprint density at radius 1 is 1.04 bits per heavy atom. The summed E-state index contributed by atoms with van der Waals surface area (Å²) in [7, 11) is 1.53. The SMILES string of the molecule is COc1ccc2c(c1)[C@](O)([C@@H](C)/C=C/CC(=O)N1Cc3ccccc3C[C@H]1CO)C(=O)N2Cc1ccc(NC(=O)Cc2c[nH]c3ccccc23)cc1. The van der Waals surface area contributed by atoms with Crippen LogP contribution in [-0.2, 0) is 45.9 Å². The van der Waals surface area contributed by atoms with Crippen LogP contribution in [0.1, 0.15) is 41.2 Å². The summed E-state index contributed by atoms with van der Waals surface area (Å²) in [5.41, 5.74) is 4.63. The Labute approximate surface area is 302 Å². The maximum atomic E-state index is 14.2. The highest BCUT2D eigenvalue weighted by Gasteiger charge is 2.52. The first-order valence-corrected chi connectivity index (χ1v) is 17.5. The Bertz CT molecular complexity index is 2160. The predicted octanol–water partition coefficient (Wildman–Crippen LogP) is 5.62. The number of carbonyl (C=O) groups excluding carboxylic acids is 3. The van der Waals surface area contributed by atoms with Crippen LogP contribution < -0.4 is 15.0 Å². The van der Waals surface area contributed by atoms with Gasteiger partial charge in [0.2, 0.25) is 11.8 Å². The first-order valence-electron chi connectivity index (χ1n) is 17.5. The molecule has 3 heterocycles. The molecule has 266 valence electrons. The van der Waals surface area contributed by atoms with E-state index >= 15 is 0 Å². The van der Waals surface area contributed by atoms with Crippen LogP contribution in [0, 0.1) is 5.92 Å². The second kappa shape index (κ2) is 14.5. The van der Waals surface area contributed by atoms with E-state index < -0.39 is 17.4 Å². The quantitative estimate of drug-likeness (QED) is 0.132. The van der Waals surface area contributed by atoms with Crippen LogP contribution in [0.15, 0.2) is 109 Å². The molecule has 0 spiro atoms. The van der Waals surface area contributed by atoms with Crippen LogP contribution in [0.5, 0.6) is 5.75 Å². The summed E-state index contributed by atoms with van der Waals surface area (Å²) >= 11 is 0. The van der Waals surface area contributed by atoms with Gasteiger partial charge >= 0.3 is 0 Å². The third kappa shape index (κ3) is 6.58. The number of nitrogens with one attached hydrogen (secondary N) is 2. The van der Waals surface area contributed by atoms with Gasteiger partial charge in [-0.3, -0.25) is 14.4 Å². The van der Waals surface area contributed by atoms with Gasteiger partial charge in [-0.25, -0.2) is 0 Å². The smallest absolute Gasteiger partial charge is 0.264 e. The number of aliphatic hydroxyl groups is 2. The Hall–Kier alpha value is -5.71. The van der Waals surface area contributed by atoms with E-state index in [4.69, 9.17) is 4.74 Å². The molecular formula is C42H42N4O6. The molecule has 0 unspecified atom stereocenters. The highest BCUT2D eigenvalue weighted by atomic mass is 16.5. The molecule has 5 aromatic rings. The molecule has 52 heavy (non-hydrogen) atoms. The molecule has 1 aromatic heterocycles. The molecule has 0 saturated carbocycles. The third-order valence-corrected chi connectivity index (χ3v) is 10.3. The third-order valence-electron chi connectivity index (χ3n) is 10.3. The molecule has 2 aliphatic heterocycles. The summed E-state index contributed by atoms with van der Waals surface area (Å²) in [6, 6.07) is 28.0. The van der Waals surface area contributed by atoms with E-state index in [0.29, 0.717) is 35.7 Å². The van der Waals surface area contributed by atoms with Gasteiger partial charge in [-0.05, 0) is 65.1 Å². The number of ether oxygens (including phenoxy) is 1. The lowest BCUT2D eigenvalue weighted by Gasteiger charge is -2.36. The lowest BCUT2D eigenvalue weighted by molar-refractivity contribution is -0.139. The van der Waals surface area contributed by atoms with E-state index in [0.717, 1.165) is 33.2 Å². The zero-order valence-corrected chi connectivity index (χ0v) is 29.2. The number of para-hydroxylation sites is 1. The number of aromatic amines is 1. The van der Waals surface area contributed by atoms with Crippen molar-refractivity contribution >= 4 is 40.0 Å². The van der Waals surface area contributed by atoms with Crippen LogP contribution in [0.4, 0.5) is 11.4 Å². The van der Waals surface area contributed by atoms with Gasteiger partial charge in [0, 0.05) is 47.2 Å². The molecule has 10 nitrogen and oxygen atoms in total. The van der Waals surface area contributed by atoms with Crippen molar-refractivity contribution in [2.45, 2.75) is 50.9 Å². The van der Waals surface area contributed by atoms with Crippen LogP contribution >= 0.6 is 0 Å². The molecule has 0 saturated heterocycles.